The van der Waals surface area contributed by atoms with Crippen LogP contribution in [0.3, 0.4) is 0 Å². The third-order valence-electron chi connectivity index (χ3n) is 4.63. The van der Waals surface area contributed by atoms with Crippen LogP contribution >= 0.6 is 11.6 Å². The smallest absolute Gasteiger partial charge is 0.258 e. The van der Waals surface area contributed by atoms with Crippen molar-refractivity contribution in [3.63, 3.8) is 0 Å². The molecular weight excluding hydrogens is 370 g/mol. The number of amides is 1. The lowest BCUT2D eigenvalue weighted by atomic mass is 9.98. The molecule has 1 N–H and O–H groups in total. The van der Waals surface area contributed by atoms with Crippen molar-refractivity contribution in [2.24, 2.45) is 0 Å². The van der Waals surface area contributed by atoms with E-state index in [1.165, 1.54) is 5.56 Å². The van der Waals surface area contributed by atoms with Gasteiger partial charge in [0.1, 0.15) is 5.75 Å². The molecular formula is C24H24ClNO2. The molecule has 144 valence electrons. The largest absolute Gasteiger partial charge is 0.484 e. The summed E-state index contributed by atoms with van der Waals surface area (Å²) in [6.07, 6.45) is 0. The van der Waals surface area contributed by atoms with E-state index in [1.807, 2.05) is 87.5 Å². The first-order valence-electron chi connectivity index (χ1n) is 9.24. The molecule has 3 aromatic rings. The van der Waals surface area contributed by atoms with E-state index in [9.17, 15) is 4.79 Å². The van der Waals surface area contributed by atoms with Crippen molar-refractivity contribution in [3.8, 4) is 5.75 Å². The summed E-state index contributed by atoms with van der Waals surface area (Å²) in [5, 5.41) is 3.81. The molecule has 0 aliphatic heterocycles. The highest BCUT2D eigenvalue weighted by molar-refractivity contribution is 6.32. The third-order valence-corrected chi connectivity index (χ3v) is 5.22. The second kappa shape index (κ2) is 8.94. The van der Waals surface area contributed by atoms with Gasteiger partial charge in [-0.1, -0.05) is 71.8 Å². The molecule has 0 saturated carbocycles. The highest BCUT2D eigenvalue weighted by atomic mass is 35.5. The third kappa shape index (κ3) is 4.93. The molecule has 0 spiro atoms. The molecule has 0 fully saturated rings. The quantitative estimate of drug-likeness (QED) is 0.596. The molecule has 0 aliphatic rings. The van der Waals surface area contributed by atoms with Crippen molar-refractivity contribution in [1.29, 1.82) is 0 Å². The predicted molar refractivity (Wildman–Crippen MR) is 114 cm³/mol. The van der Waals surface area contributed by atoms with Gasteiger partial charge in [-0.25, -0.2) is 0 Å². The Hall–Kier alpha value is -2.78. The maximum Gasteiger partial charge on any atom is 0.258 e. The Labute approximate surface area is 171 Å². The van der Waals surface area contributed by atoms with Crippen LogP contribution in [0.5, 0.6) is 5.75 Å². The van der Waals surface area contributed by atoms with E-state index < -0.39 is 0 Å². The Morgan fingerprint density at radius 1 is 0.929 bits per heavy atom. The molecule has 1 amide bonds. The van der Waals surface area contributed by atoms with Gasteiger partial charge < -0.3 is 10.1 Å². The maximum absolute atomic E-state index is 12.6. The molecule has 0 aliphatic carbocycles. The Kier molecular flexibility index (Phi) is 6.37. The molecule has 1 atom stereocenters. The number of carbonyl (C=O) groups excluding carboxylic acids is 1. The summed E-state index contributed by atoms with van der Waals surface area (Å²) in [6.45, 7) is 5.83. The monoisotopic (exact) mass is 393 g/mol. The van der Waals surface area contributed by atoms with Crippen molar-refractivity contribution >= 4 is 17.5 Å². The van der Waals surface area contributed by atoms with Crippen LogP contribution in [-0.2, 0) is 4.79 Å². The molecule has 3 rings (SSSR count). The fourth-order valence-corrected chi connectivity index (χ4v) is 3.21. The van der Waals surface area contributed by atoms with E-state index in [1.54, 1.807) is 0 Å². The molecule has 0 aromatic heterocycles. The minimum absolute atomic E-state index is 0.0598. The van der Waals surface area contributed by atoms with Crippen molar-refractivity contribution in [3.05, 3.63) is 99.6 Å². The number of ether oxygens (including phenoxy) is 1. The summed E-state index contributed by atoms with van der Waals surface area (Å²) in [4.78, 5) is 12.6. The van der Waals surface area contributed by atoms with Gasteiger partial charge in [0.05, 0.1) is 6.04 Å². The maximum atomic E-state index is 12.6. The Balaban J connectivity index is 1.73. The second-order valence-electron chi connectivity index (χ2n) is 6.98. The topological polar surface area (TPSA) is 38.3 Å². The van der Waals surface area contributed by atoms with Crippen LogP contribution in [-0.4, -0.2) is 12.5 Å². The number of benzene rings is 3. The lowest BCUT2D eigenvalue weighted by molar-refractivity contribution is -0.123. The fraction of sp³-hybridized carbons (Fsp3) is 0.208. The fourth-order valence-electron chi connectivity index (χ4n) is 3.10. The van der Waals surface area contributed by atoms with E-state index >= 15 is 0 Å². The summed E-state index contributed by atoms with van der Waals surface area (Å²) in [5.41, 5.74) is 5.10. The van der Waals surface area contributed by atoms with E-state index in [0.717, 1.165) is 27.3 Å². The average molecular weight is 394 g/mol. The Morgan fingerprint density at radius 2 is 1.50 bits per heavy atom. The van der Waals surface area contributed by atoms with Crippen molar-refractivity contribution in [2.75, 3.05) is 6.61 Å². The van der Waals surface area contributed by atoms with Crippen LogP contribution in [0.25, 0.3) is 0 Å². The number of halogens is 1. The van der Waals surface area contributed by atoms with Crippen LogP contribution in [0.4, 0.5) is 0 Å². The normalized spacial score (nSPS) is 11.7. The predicted octanol–water partition coefficient (Wildman–Crippen LogP) is 5.55. The van der Waals surface area contributed by atoms with Crippen LogP contribution in [0.2, 0.25) is 5.02 Å². The average Bonchev–Trinajstić information content (AvgIpc) is 2.70. The lowest BCUT2D eigenvalue weighted by Gasteiger charge is -2.20. The summed E-state index contributed by atoms with van der Waals surface area (Å²) in [5.74, 6) is 0.459. The Morgan fingerprint density at radius 3 is 2.11 bits per heavy atom. The van der Waals surface area contributed by atoms with E-state index in [0.29, 0.717) is 5.75 Å². The van der Waals surface area contributed by atoms with E-state index in [2.05, 4.69) is 5.32 Å². The van der Waals surface area contributed by atoms with Crippen molar-refractivity contribution < 1.29 is 9.53 Å². The number of aryl methyl sites for hydroxylation is 3. The van der Waals surface area contributed by atoms with Crippen LogP contribution in [0.15, 0.2) is 66.7 Å². The first-order chi connectivity index (χ1) is 13.4. The minimum Gasteiger partial charge on any atom is -0.484 e. The molecule has 0 saturated heterocycles. The molecule has 3 nitrogen and oxygen atoms in total. The zero-order chi connectivity index (χ0) is 20.1. The zero-order valence-electron chi connectivity index (χ0n) is 16.3. The van der Waals surface area contributed by atoms with Crippen molar-refractivity contribution in [1.82, 2.24) is 5.32 Å². The molecule has 0 bridgehead atoms. The highest BCUT2D eigenvalue weighted by Gasteiger charge is 2.17. The lowest BCUT2D eigenvalue weighted by Crippen LogP contribution is -2.33. The molecule has 0 unspecified atom stereocenters. The number of hydrogen-bond donors (Lipinski definition) is 1. The molecule has 3 aromatic carbocycles. The first kappa shape index (κ1) is 20.0. The van der Waals surface area contributed by atoms with Gasteiger partial charge in [-0.3, -0.25) is 4.79 Å². The summed E-state index contributed by atoms with van der Waals surface area (Å²) >= 11 is 6.19. The number of carbonyl (C=O) groups is 1. The van der Waals surface area contributed by atoms with Crippen molar-refractivity contribution in [2.45, 2.75) is 26.8 Å². The standard InChI is InChI=1S/C24H24ClNO2/c1-16-9-11-20(12-10-16)24(19-7-5-4-6-8-19)26-22(27)15-28-21-13-17(2)23(25)18(3)14-21/h4-14,24H,15H2,1-3H3,(H,26,27)/t24-/m0/s1. The minimum atomic E-state index is -0.230. The Bertz CT molecular complexity index is 929. The van der Waals surface area contributed by atoms with Gasteiger partial charge >= 0.3 is 0 Å². The SMILES string of the molecule is Cc1ccc([C@@H](NC(=O)COc2cc(C)c(Cl)c(C)c2)c2ccccc2)cc1. The molecule has 28 heavy (non-hydrogen) atoms. The van der Waals surface area contributed by atoms with Gasteiger partial charge in [0.15, 0.2) is 6.61 Å². The summed E-state index contributed by atoms with van der Waals surface area (Å²) in [7, 11) is 0. The zero-order valence-corrected chi connectivity index (χ0v) is 17.1. The van der Waals surface area contributed by atoms with Crippen LogP contribution in [0, 0.1) is 20.8 Å². The summed E-state index contributed by atoms with van der Waals surface area (Å²) < 4.78 is 5.71. The molecule has 0 heterocycles. The van der Waals surface area contributed by atoms with Crippen LogP contribution in [0.1, 0.15) is 33.9 Å². The van der Waals surface area contributed by atoms with Gasteiger partial charge in [0.2, 0.25) is 0 Å². The van der Waals surface area contributed by atoms with Gasteiger partial charge in [-0.2, -0.15) is 0 Å². The molecule has 0 radical (unpaired) electrons. The van der Waals surface area contributed by atoms with Gasteiger partial charge in [-0.15, -0.1) is 0 Å². The van der Waals surface area contributed by atoms with Gasteiger partial charge in [0.25, 0.3) is 5.91 Å². The summed E-state index contributed by atoms with van der Waals surface area (Å²) in [6, 6.07) is 21.6. The van der Waals surface area contributed by atoms with E-state index in [-0.39, 0.29) is 18.6 Å². The number of rotatable bonds is 6. The van der Waals surface area contributed by atoms with Gasteiger partial charge in [0, 0.05) is 5.02 Å². The first-order valence-corrected chi connectivity index (χ1v) is 9.62. The van der Waals surface area contributed by atoms with E-state index in [4.69, 9.17) is 16.3 Å². The number of hydrogen-bond acceptors (Lipinski definition) is 2. The van der Waals surface area contributed by atoms with Crippen LogP contribution < -0.4 is 10.1 Å². The highest BCUT2D eigenvalue weighted by Crippen LogP contribution is 2.26. The number of nitrogens with one attached hydrogen (secondary N) is 1. The van der Waals surface area contributed by atoms with Gasteiger partial charge in [-0.05, 0) is 55.2 Å². The second-order valence-corrected chi connectivity index (χ2v) is 7.36. The molecule has 4 heteroatoms.